The number of methoxy groups -OCH3 is 1. The number of fused-ring (bicyclic) bond motifs is 1. The number of esters is 1. The molecule has 2 rings (SSSR count). The molecule has 0 amide bonds. The fourth-order valence-electron chi connectivity index (χ4n) is 2.13. The highest BCUT2D eigenvalue weighted by Gasteiger charge is 2.26. The normalized spacial score (nSPS) is 14.3. The zero-order valence-electron chi connectivity index (χ0n) is 10.8. The SMILES string of the molecule is CCC(C(=O)OC)C(N)c1ccc2oc(=O)[nH]c2c1. The lowest BCUT2D eigenvalue weighted by Crippen LogP contribution is -2.28. The molecule has 19 heavy (non-hydrogen) atoms. The third-order valence-electron chi connectivity index (χ3n) is 3.21. The number of carbonyl (C=O) groups excluding carboxylic acids is 1. The van der Waals surface area contributed by atoms with Crippen molar-refractivity contribution in [3.63, 3.8) is 0 Å². The number of hydrogen-bond donors (Lipinski definition) is 2. The Morgan fingerprint density at radius 2 is 2.26 bits per heavy atom. The second-order valence-electron chi connectivity index (χ2n) is 4.33. The van der Waals surface area contributed by atoms with Crippen LogP contribution in [0.25, 0.3) is 11.1 Å². The van der Waals surface area contributed by atoms with Crippen LogP contribution in [0.2, 0.25) is 0 Å². The number of ether oxygens (including phenoxy) is 1. The summed E-state index contributed by atoms with van der Waals surface area (Å²) in [6.45, 7) is 1.87. The maximum atomic E-state index is 11.6. The van der Waals surface area contributed by atoms with Gasteiger partial charge in [-0.3, -0.25) is 9.78 Å². The number of aromatic nitrogens is 1. The standard InChI is InChI=1S/C13H16N2O4/c1-3-8(12(16)18-2)11(14)7-4-5-10-9(6-7)15-13(17)19-10/h4-6,8,11H,3,14H2,1-2H3,(H,15,17). The van der Waals surface area contributed by atoms with E-state index in [4.69, 9.17) is 14.9 Å². The average Bonchev–Trinajstić information content (AvgIpc) is 2.77. The molecule has 0 saturated heterocycles. The van der Waals surface area contributed by atoms with Gasteiger partial charge in [-0.15, -0.1) is 0 Å². The van der Waals surface area contributed by atoms with Gasteiger partial charge >= 0.3 is 11.7 Å². The molecule has 102 valence electrons. The minimum absolute atomic E-state index is 0.337. The van der Waals surface area contributed by atoms with E-state index in [1.54, 1.807) is 18.2 Å². The van der Waals surface area contributed by atoms with Crippen molar-refractivity contribution in [3.05, 3.63) is 34.3 Å². The fourth-order valence-corrected chi connectivity index (χ4v) is 2.13. The van der Waals surface area contributed by atoms with Crippen LogP contribution in [0.4, 0.5) is 0 Å². The Balaban J connectivity index is 2.36. The van der Waals surface area contributed by atoms with E-state index in [0.29, 0.717) is 17.5 Å². The molecule has 6 heteroatoms. The van der Waals surface area contributed by atoms with E-state index in [2.05, 4.69) is 4.98 Å². The van der Waals surface area contributed by atoms with Gasteiger partial charge in [0.2, 0.25) is 0 Å². The van der Waals surface area contributed by atoms with E-state index in [1.165, 1.54) is 7.11 Å². The molecule has 2 atom stereocenters. The highest BCUT2D eigenvalue weighted by molar-refractivity contribution is 5.75. The Morgan fingerprint density at radius 3 is 2.89 bits per heavy atom. The van der Waals surface area contributed by atoms with Crippen LogP contribution in [0, 0.1) is 5.92 Å². The molecule has 2 aromatic rings. The Bertz CT molecular complexity index is 643. The van der Waals surface area contributed by atoms with Crippen LogP contribution in [-0.4, -0.2) is 18.1 Å². The summed E-state index contributed by atoms with van der Waals surface area (Å²) in [5, 5.41) is 0. The van der Waals surface area contributed by atoms with Crippen molar-refractivity contribution in [2.75, 3.05) is 7.11 Å². The quantitative estimate of drug-likeness (QED) is 0.811. The molecule has 3 N–H and O–H groups in total. The maximum absolute atomic E-state index is 11.6. The summed E-state index contributed by atoms with van der Waals surface area (Å²) in [5.41, 5.74) is 7.88. The third kappa shape index (κ3) is 2.53. The summed E-state index contributed by atoms with van der Waals surface area (Å²) in [7, 11) is 1.34. The van der Waals surface area contributed by atoms with Crippen LogP contribution in [0.5, 0.6) is 0 Å². The van der Waals surface area contributed by atoms with Crippen LogP contribution in [0.15, 0.2) is 27.4 Å². The monoisotopic (exact) mass is 264 g/mol. The van der Waals surface area contributed by atoms with Gasteiger partial charge in [-0.1, -0.05) is 13.0 Å². The van der Waals surface area contributed by atoms with E-state index >= 15 is 0 Å². The molecular weight excluding hydrogens is 248 g/mol. The highest BCUT2D eigenvalue weighted by Crippen LogP contribution is 2.25. The number of rotatable bonds is 4. The second-order valence-corrected chi connectivity index (χ2v) is 4.33. The molecule has 1 aromatic heterocycles. The summed E-state index contributed by atoms with van der Waals surface area (Å²) in [6.07, 6.45) is 0.577. The summed E-state index contributed by atoms with van der Waals surface area (Å²) in [5.74, 6) is -1.27. The summed E-state index contributed by atoms with van der Waals surface area (Å²) in [4.78, 5) is 25.3. The molecule has 0 saturated carbocycles. The van der Waals surface area contributed by atoms with Crippen LogP contribution in [0.3, 0.4) is 0 Å². The Morgan fingerprint density at radius 1 is 1.53 bits per heavy atom. The van der Waals surface area contributed by atoms with Crippen LogP contribution < -0.4 is 11.5 Å². The molecule has 0 spiro atoms. The van der Waals surface area contributed by atoms with Gasteiger partial charge < -0.3 is 14.9 Å². The lowest BCUT2D eigenvalue weighted by atomic mass is 9.91. The minimum Gasteiger partial charge on any atom is -0.469 e. The first kappa shape index (κ1) is 13.4. The van der Waals surface area contributed by atoms with Crippen LogP contribution in [-0.2, 0) is 9.53 Å². The van der Waals surface area contributed by atoms with E-state index < -0.39 is 17.7 Å². The molecule has 0 bridgehead atoms. The fraction of sp³-hybridized carbons (Fsp3) is 0.385. The molecule has 2 unspecified atom stereocenters. The number of nitrogens with two attached hydrogens (primary N) is 1. The Kier molecular flexibility index (Phi) is 3.71. The molecule has 0 fully saturated rings. The first-order valence-corrected chi connectivity index (χ1v) is 6.03. The topological polar surface area (TPSA) is 98.3 Å². The van der Waals surface area contributed by atoms with E-state index in [1.807, 2.05) is 6.92 Å². The summed E-state index contributed by atoms with van der Waals surface area (Å²) >= 11 is 0. The molecule has 0 aliphatic carbocycles. The van der Waals surface area contributed by atoms with Crippen molar-refractivity contribution in [3.8, 4) is 0 Å². The number of oxazole rings is 1. The summed E-state index contributed by atoms with van der Waals surface area (Å²) < 4.78 is 9.66. The van der Waals surface area contributed by atoms with Crippen molar-refractivity contribution in [1.29, 1.82) is 0 Å². The zero-order chi connectivity index (χ0) is 14.0. The number of hydrogen-bond acceptors (Lipinski definition) is 5. The van der Waals surface area contributed by atoms with Crippen molar-refractivity contribution < 1.29 is 13.9 Å². The smallest absolute Gasteiger partial charge is 0.417 e. The second kappa shape index (κ2) is 5.27. The lowest BCUT2D eigenvalue weighted by Gasteiger charge is -2.20. The third-order valence-corrected chi connectivity index (χ3v) is 3.21. The minimum atomic E-state index is -0.513. The molecule has 0 radical (unpaired) electrons. The van der Waals surface area contributed by atoms with E-state index in [0.717, 1.165) is 5.56 Å². The van der Waals surface area contributed by atoms with Gasteiger partial charge in [-0.05, 0) is 24.1 Å². The van der Waals surface area contributed by atoms with Gasteiger partial charge in [0.05, 0.1) is 18.5 Å². The lowest BCUT2D eigenvalue weighted by molar-refractivity contribution is -0.146. The molecule has 0 aliphatic rings. The largest absolute Gasteiger partial charge is 0.469 e. The highest BCUT2D eigenvalue weighted by atomic mass is 16.5. The van der Waals surface area contributed by atoms with Gasteiger partial charge in [0, 0.05) is 6.04 Å². The Labute approximate surface area is 109 Å². The number of nitrogens with one attached hydrogen (secondary N) is 1. The molecule has 0 aliphatic heterocycles. The van der Waals surface area contributed by atoms with Crippen LogP contribution >= 0.6 is 0 Å². The van der Waals surface area contributed by atoms with Gasteiger partial charge in [-0.25, -0.2) is 4.79 Å². The number of carbonyl (C=O) groups is 1. The zero-order valence-corrected chi connectivity index (χ0v) is 10.8. The molecule has 1 heterocycles. The van der Waals surface area contributed by atoms with Crippen molar-refractivity contribution in [1.82, 2.24) is 4.98 Å². The maximum Gasteiger partial charge on any atom is 0.417 e. The number of H-pyrrole nitrogens is 1. The number of benzene rings is 1. The van der Waals surface area contributed by atoms with Crippen molar-refractivity contribution in [2.45, 2.75) is 19.4 Å². The van der Waals surface area contributed by atoms with E-state index in [-0.39, 0.29) is 5.97 Å². The predicted octanol–water partition coefficient (Wildman–Crippen LogP) is 1.32. The summed E-state index contributed by atoms with van der Waals surface area (Å²) in [6, 6.07) is 4.64. The molecule has 1 aromatic carbocycles. The van der Waals surface area contributed by atoms with Gasteiger partial charge in [0.25, 0.3) is 0 Å². The first-order chi connectivity index (χ1) is 9.06. The predicted molar refractivity (Wildman–Crippen MR) is 69.6 cm³/mol. The van der Waals surface area contributed by atoms with Gasteiger partial charge in [-0.2, -0.15) is 0 Å². The molecule has 6 nitrogen and oxygen atoms in total. The average molecular weight is 264 g/mol. The molecular formula is C13H16N2O4. The van der Waals surface area contributed by atoms with Crippen molar-refractivity contribution in [2.24, 2.45) is 11.7 Å². The van der Waals surface area contributed by atoms with Gasteiger partial charge in [0.15, 0.2) is 5.58 Å². The van der Waals surface area contributed by atoms with Crippen molar-refractivity contribution >= 4 is 17.1 Å². The van der Waals surface area contributed by atoms with Gasteiger partial charge in [0.1, 0.15) is 0 Å². The van der Waals surface area contributed by atoms with E-state index in [9.17, 15) is 9.59 Å². The van der Waals surface area contributed by atoms with Crippen LogP contribution in [0.1, 0.15) is 24.9 Å². The first-order valence-electron chi connectivity index (χ1n) is 6.03. The Hall–Kier alpha value is -2.08. The number of aromatic amines is 1.